The molecule has 0 fully saturated rings. The van der Waals surface area contributed by atoms with Crippen molar-refractivity contribution in [2.24, 2.45) is 0 Å². The minimum absolute atomic E-state index is 0.759. The summed E-state index contributed by atoms with van der Waals surface area (Å²) in [6.07, 6.45) is 0.943. The summed E-state index contributed by atoms with van der Waals surface area (Å²) in [5, 5.41) is 4.39. The van der Waals surface area contributed by atoms with E-state index in [9.17, 15) is 0 Å². The van der Waals surface area contributed by atoms with Crippen molar-refractivity contribution in [3.05, 3.63) is 51.7 Å². The number of nitrogens with two attached hydrogens (primary N) is 1. The molecule has 0 radical (unpaired) electrons. The zero-order valence-electron chi connectivity index (χ0n) is 10.8. The predicted molar refractivity (Wildman–Crippen MR) is 87.7 cm³/mol. The van der Waals surface area contributed by atoms with Gasteiger partial charge in [0, 0.05) is 22.5 Å². The molecule has 3 aromatic rings. The zero-order chi connectivity index (χ0) is 13.9. The number of hydrogen-bond donors (Lipinski definition) is 2. The van der Waals surface area contributed by atoms with E-state index in [4.69, 9.17) is 17.3 Å². The van der Waals surface area contributed by atoms with Crippen molar-refractivity contribution < 1.29 is 0 Å². The van der Waals surface area contributed by atoms with Crippen LogP contribution in [0.5, 0.6) is 0 Å². The molecule has 20 heavy (non-hydrogen) atoms. The third-order valence-corrected chi connectivity index (χ3v) is 4.31. The summed E-state index contributed by atoms with van der Waals surface area (Å²) in [6.45, 7) is 0.838. The Labute approximate surface area is 126 Å². The van der Waals surface area contributed by atoms with Crippen LogP contribution in [0.25, 0.3) is 10.9 Å². The van der Waals surface area contributed by atoms with E-state index < -0.39 is 0 Å². The fraction of sp³-hybridized carbons (Fsp3) is 0.133. The van der Waals surface area contributed by atoms with Crippen LogP contribution in [0.15, 0.2) is 42.5 Å². The van der Waals surface area contributed by atoms with E-state index in [-0.39, 0.29) is 0 Å². The molecule has 0 unspecified atom stereocenters. The van der Waals surface area contributed by atoms with Gasteiger partial charge in [-0.05, 0) is 48.9 Å². The lowest BCUT2D eigenvalue weighted by Gasteiger charge is -2.06. The van der Waals surface area contributed by atoms with Gasteiger partial charge in [0.05, 0.1) is 9.85 Å². The molecule has 2 heterocycles. The van der Waals surface area contributed by atoms with E-state index in [0.717, 1.165) is 39.7 Å². The predicted octanol–water partition coefficient (Wildman–Crippen LogP) is 4.19. The second-order valence-electron chi connectivity index (χ2n) is 4.53. The minimum atomic E-state index is 0.759. The van der Waals surface area contributed by atoms with Crippen molar-refractivity contribution in [2.75, 3.05) is 17.6 Å². The molecular weight excluding hydrogens is 290 g/mol. The molecule has 0 spiro atoms. The molecule has 3 N–H and O–H groups in total. The Bertz CT molecular complexity index is 739. The van der Waals surface area contributed by atoms with Gasteiger partial charge in [0.2, 0.25) is 0 Å². The summed E-state index contributed by atoms with van der Waals surface area (Å²) in [6, 6.07) is 13.7. The summed E-state index contributed by atoms with van der Waals surface area (Å²) >= 11 is 7.53. The van der Waals surface area contributed by atoms with Crippen LogP contribution >= 0.6 is 22.9 Å². The molecule has 0 atom stereocenters. The minimum Gasteiger partial charge on any atom is -0.399 e. The monoisotopic (exact) mass is 303 g/mol. The Morgan fingerprint density at radius 2 is 2.05 bits per heavy atom. The Morgan fingerprint density at radius 1 is 1.15 bits per heavy atom. The van der Waals surface area contributed by atoms with Crippen LogP contribution in [0.1, 0.15) is 4.88 Å². The van der Waals surface area contributed by atoms with E-state index in [2.05, 4.69) is 16.4 Å². The van der Waals surface area contributed by atoms with Gasteiger partial charge in [-0.2, -0.15) is 0 Å². The maximum Gasteiger partial charge on any atom is 0.126 e. The Kier molecular flexibility index (Phi) is 3.76. The fourth-order valence-corrected chi connectivity index (χ4v) is 3.13. The lowest BCUT2D eigenvalue weighted by Crippen LogP contribution is -2.05. The summed E-state index contributed by atoms with van der Waals surface area (Å²) in [5.74, 6) is 0.880. The first-order chi connectivity index (χ1) is 9.70. The molecule has 0 saturated heterocycles. The highest BCUT2D eigenvalue weighted by molar-refractivity contribution is 7.16. The number of nitrogens with zero attached hydrogens (tertiary/aromatic N) is 1. The number of nitrogens with one attached hydrogen (secondary N) is 1. The van der Waals surface area contributed by atoms with Gasteiger partial charge in [-0.15, -0.1) is 11.3 Å². The molecule has 2 aromatic heterocycles. The quantitative estimate of drug-likeness (QED) is 0.711. The van der Waals surface area contributed by atoms with Crippen LogP contribution in [0.2, 0.25) is 4.34 Å². The first-order valence-corrected chi connectivity index (χ1v) is 7.54. The van der Waals surface area contributed by atoms with E-state index in [1.165, 1.54) is 4.88 Å². The molecule has 0 aliphatic rings. The maximum absolute atomic E-state index is 5.91. The summed E-state index contributed by atoms with van der Waals surface area (Å²) in [7, 11) is 0. The molecule has 3 nitrogen and oxygen atoms in total. The van der Waals surface area contributed by atoms with Crippen LogP contribution in [0, 0.1) is 0 Å². The number of nitrogen functional groups attached to an aromatic ring is 1. The van der Waals surface area contributed by atoms with Gasteiger partial charge >= 0.3 is 0 Å². The SMILES string of the molecule is Nc1ccc2nc(NCCc3ccc(Cl)s3)ccc2c1. The molecule has 0 aliphatic carbocycles. The number of aromatic nitrogens is 1. The van der Waals surface area contributed by atoms with Crippen molar-refractivity contribution in [1.29, 1.82) is 0 Å². The van der Waals surface area contributed by atoms with Gasteiger partial charge in [0.1, 0.15) is 5.82 Å². The normalized spacial score (nSPS) is 10.8. The van der Waals surface area contributed by atoms with Crippen molar-refractivity contribution in [3.8, 4) is 0 Å². The second-order valence-corrected chi connectivity index (χ2v) is 6.33. The second kappa shape index (κ2) is 5.69. The third kappa shape index (κ3) is 3.03. The molecule has 5 heteroatoms. The molecular formula is C15H14ClN3S. The largest absolute Gasteiger partial charge is 0.399 e. The van der Waals surface area contributed by atoms with Crippen molar-refractivity contribution in [2.45, 2.75) is 6.42 Å². The van der Waals surface area contributed by atoms with Crippen LogP contribution in [0.4, 0.5) is 11.5 Å². The highest BCUT2D eigenvalue weighted by atomic mass is 35.5. The number of fused-ring (bicyclic) bond motifs is 1. The van der Waals surface area contributed by atoms with E-state index in [0.29, 0.717) is 0 Å². The average molecular weight is 304 g/mol. The molecule has 1 aromatic carbocycles. The first kappa shape index (κ1) is 13.2. The number of pyridine rings is 1. The van der Waals surface area contributed by atoms with Gasteiger partial charge in [-0.25, -0.2) is 4.98 Å². The van der Waals surface area contributed by atoms with Crippen LogP contribution < -0.4 is 11.1 Å². The van der Waals surface area contributed by atoms with Gasteiger partial charge in [0.25, 0.3) is 0 Å². The maximum atomic E-state index is 5.91. The molecule has 0 saturated carbocycles. The lowest BCUT2D eigenvalue weighted by molar-refractivity contribution is 1.03. The van der Waals surface area contributed by atoms with Gasteiger partial charge in [0.15, 0.2) is 0 Å². The number of thiophene rings is 1. The van der Waals surface area contributed by atoms with E-state index in [1.807, 2.05) is 36.4 Å². The van der Waals surface area contributed by atoms with Gasteiger partial charge in [-0.1, -0.05) is 11.6 Å². The third-order valence-electron chi connectivity index (χ3n) is 3.02. The highest BCUT2D eigenvalue weighted by Gasteiger charge is 2.00. The topological polar surface area (TPSA) is 50.9 Å². The fourth-order valence-electron chi connectivity index (χ4n) is 2.04. The standard InChI is InChI=1S/C15H14ClN3S/c16-14-5-3-12(20-14)7-8-18-15-6-1-10-9-11(17)2-4-13(10)19-15/h1-6,9H,7-8,17H2,(H,18,19). The smallest absolute Gasteiger partial charge is 0.126 e. The Hall–Kier alpha value is -1.78. The van der Waals surface area contributed by atoms with Crippen LogP contribution in [-0.4, -0.2) is 11.5 Å². The number of halogens is 1. The molecule has 3 rings (SSSR count). The summed E-state index contributed by atoms with van der Waals surface area (Å²) in [4.78, 5) is 5.84. The Balaban J connectivity index is 1.67. The lowest BCUT2D eigenvalue weighted by atomic mass is 10.2. The van der Waals surface area contributed by atoms with Gasteiger partial charge in [-0.3, -0.25) is 0 Å². The zero-order valence-corrected chi connectivity index (χ0v) is 12.3. The van der Waals surface area contributed by atoms with Gasteiger partial charge < -0.3 is 11.1 Å². The van der Waals surface area contributed by atoms with Crippen molar-refractivity contribution >= 4 is 45.3 Å². The number of rotatable bonds is 4. The highest BCUT2D eigenvalue weighted by Crippen LogP contribution is 2.22. The van der Waals surface area contributed by atoms with E-state index >= 15 is 0 Å². The molecule has 0 aliphatic heterocycles. The number of hydrogen-bond acceptors (Lipinski definition) is 4. The summed E-state index contributed by atoms with van der Waals surface area (Å²) < 4.78 is 0.835. The van der Waals surface area contributed by atoms with Crippen molar-refractivity contribution in [1.82, 2.24) is 4.98 Å². The molecule has 0 amide bonds. The number of benzene rings is 1. The van der Waals surface area contributed by atoms with E-state index in [1.54, 1.807) is 11.3 Å². The Morgan fingerprint density at radius 3 is 2.85 bits per heavy atom. The van der Waals surface area contributed by atoms with Crippen LogP contribution in [0.3, 0.4) is 0 Å². The van der Waals surface area contributed by atoms with Crippen LogP contribution in [-0.2, 0) is 6.42 Å². The number of anilines is 2. The summed E-state index contributed by atoms with van der Waals surface area (Å²) in [5.41, 5.74) is 7.46. The molecule has 102 valence electrons. The average Bonchev–Trinajstić information content (AvgIpc) is 2.85. The first-order valence-electron chi connectivity index (χ1n) is 6.35. The molecule has 0 bridgehead atoms. The van der Waals surface area contributed by atoms with Crippen molar-refractivity contribution in [3.63, 3.8) is 0 Å².